The molecule has 0 atom stereocenters. The second-order valence-electron chi connectivity index (χ2n) is 7.98. The molecule has 2 fully saturated rings. The van der Waals surface area contributed by atoms with Crippen LogP contribution in [0.25, 0.3) is 5.52 Å². The Kier molecular flexibility index (Phi) is 5.79. The number of carbonyl (C=O) groups excluding carboxylic acids is 2. The fourth-order valence-corrected chi connectivity index (χ4v) is 4.90. The van der Waals surface area contributed by atoms with Crippen LogP contribution >= 0.6 is 0 Å². The first-order valence-electron chi connectivity index (χ1n) is 10.3. The lowest BCUT2D eigenvalue weighted by Gasteiger charge is -2.35. The summed E-state index contributed by atoms with van der Waals surface area (Å²) in [6.07, 6.45) is 6.01. The maximum absolute atomic E-state index is 13.1. The maximum Gasteiger partial charge on any atom is 0.274 e. The molecule has 2 aliphatic heterocycles. The van der Waals surface area contributed by atoms with Gasteiger partial charge in [-0.1, -0.05) is 6.07 Å². The van der Waals surface area contributed by atoms with Gasteiger partial charge in [0, 0.05) is 51.7 Å². The van der Waals surface area contributed by atoms with Crippen LogP contribution in [-0.4, -0.2) is 96.4 Å². The van der Waals surface area contributed by atoms with Crippen LogP contribution in [0.2, 0.25) is 0 Å². The van der Waals surface area contributed by atoms with Gasteiger partial charge in [-0.15, -0.1) is 0 Å². The van der Waals surface area contributed by atoms with Crippen LogP contribution in [0.1, 0.15) is 29.8 Å². The number of nitrogens with zero attached hydrogens (tertiary/aromatic N) is 5. The van der Waals surface area contributed by atoms with E-state index in [-0.39, 0.29) is 22.7 Å². The first-order chi connectivity index (χ1) is 14.3. The van der Waals surface area contributed by atoms with Gasteiger partial charge in [0.15, 0.2) is 5.69 Å². The summed E-state index contributed by atoms with van der Waals surface area (Å²) in [6, 6.07) is 5.15. The summed E-state index contributed by atoms with van der Waals surface area (Å²) >= 11 is 0. The number of aromatic nitrogens is 2. The monoisotopic (exact) mass is 433 g/mol. The van der Waals surface area contributed by atoms with Gasteiger partial charge in [0.25, 0.3) is 5.91 Å². The Bertz CT molecular complexity index is 1050. The van der Waals surface area contributed by atoms with Crippen molar-refractivity contribution in [2.75, 3.05) is 52.1 Å². The van der Waals surface area contributed by atoms with Gasteiger partial charge in [-0.3, -0.25) is 18.9 Å². The van der Waals surface area contributed by atoms with E-state index in [9.17, 15) is 18.0 Å². The van der Waals surface area contributed by atoms with Crippen molar-refractivity contribution in [3.05, 3.63) is 30.1 Å². The lowest BCUT2D eigenvalue weighted by Crippen LogP contribution is -2.52. The fraction of sp³-hybridized carbons (Fsp3) is 0.550. The number of hydrogen-bond donors (Lipinski definition) is 0. The molecule has 0 saturated carbocycles. The molecule has 162 valence electrons. The Balaban J connectivity index is 1.43. The molecule has 0 N–H and O–H groups in total. The third-order valence-corrected chi connectivity index (χ3v) is 6.73. The SMILES string of the molecule is CS(=O)(=O)c1nc(C(=O)N2CCN(CC(=O)N3CCCCC3)CC2)c2ccccn12. The summed E-state index contributed by atoms with van der Waals surface area (Å²) in [6.45, 7) is 4.23. The van der Waals surface area contributed by atoms with E-state index < -0.39 is 9.84 Å². The Morgan fingerprint density at radius 3 is 2.33 bits per heavy atom. The van der Waals surface area contributed by atoms with Crippen molar-refractivity contribution in [1.29, 1.82) is 0 Å². The molecule has 4 rings (SSSR count). The van der Waals surface area contributed by atoms with E-state index in [0.29, 0.717) is 38.2 Å². The van der Waals surface area contributed by atoms with Crippen LogP contribution < -0.4 is 0 Å². The number of hydrogen-bond acceptors (Lipinski definition) is 6. The zero-order valence-electron chi connectivity index (χ0n) is 17.2. The second kappa shape index (κ2) is 8.35. The van der Waals surface area contributed by atoms with Crippen molar-refractivity contribution in [3.63, 3.8) is 0 Å². The standard InChI is InChI=1S/C20H27N5O4S/c1-30(28,29)20-21-18(16-7-3-6-10-25(16)20)19(27)24-13-11-22(12-14-24)15-17(26)23-8-4-2-5-9-23/h3,6-7,10H,2,4-5,8-9,11-15H2,1H3. The minimum atomic E-state index is -3.58. The van der Waals surface area contributed by atoms with Crippen molar-refractivity contribution in [2.45, 2.75) is 24.4 Å². The largest absolute Gasteiger partial charge is 0.342 e. The predicted molar refractivity (Wildman–Crippen MR) is 111 cm³/mol. The third-order valence-electron chi connectivity index (χ3n) is 5.78. The average molecular weight is 434 g/mol. The molecule has 30 heavy (non-hydrogen) atoms. The van der Waals surface area contributed by atoms with Gasteiger partial charge in [0.1, 0.15) is 0 Å². The Labute approximate surface area is 176 Å². The minimum Gasteiger partial charge on any atom is -0.342 e. The average Bonchev–Trinajstić information content (AvgIpc) is 3.15. The lowest BCUT2D eigenvalue weighted by molar-refractivity contribution is -0.133. The Morgan fingerprint density at radius 2 is 1.67 bits per heavy atom. The molecule has 0 bridgehead atoms. The predicted octanol–water partition coefficient (Wildman–Crippen LogP) is 0.508. The highest BCUT2D eigenvalue weighted by molar-refractivity contribution is 7.90. The van der Waals surface area contributed by atoms with Crippen molar-refractivity contribution >= 4 is 27.2 Å². The molecule has 0 aromatic carbocycles. The van der Waals surface area contributed by atoms with E-state index in [1.54, 1.807) is 29.3 Å². The minimum absolute atomic E-state index is 0.132. The first kappa shape index (κ1) is 20.8. The number of amides is 2. The number of piperazine rings is 1. The second-order valence-corrected chi connectivity index (χ2v) is 9.89. The van der Waals surface area contributed by atoms with Crippen LogP contribution in [-0.2, 0) is 14.6 Å². The number of carbonyl (C=O) groups is 2. The zero-order valence-corrected chi connectivity index (χ0v) is 18.0. The highest BCUT2D eigenvalue weighted by Gasteiger charge is 2.29. The van der Waals surface area contributed by atoms with Crippen molar-refractivity contribution in [3.8, 4) is 0 Å². The molecule has 0 spiro atoms. The summed E-state index contributed by atoms with van der Waals surface area (Å²) < 4.78 is 25.6. The first-order valence-corrected chi connectivity index (χ1v) is 12.2. The van der Waals surface area contributed by atoms with E-state index in [1.165, 1.54) is 10.8 Å². The van der Waals surface area contributed by atoms with Crippen molar-refractivity contribution in [2.24, 2.45) is 0 Å². The molecule has 2 aromatic heterocycles. The Hall–Kier alpha value is -2.46. The van der Waals surface area contributed by atoms with Gasteiger partial charge in [-0.25, -0.2) is 13.4 Å². The normalized spacial score (nSPS) is 18.7. The highest BCUT2D eigenvalue weighted by Crippen LogP contribution is 2.19. The van der Waals surface area contributed by atoms with E-state index in [4.69, 9.17) is 0 Å². The van der Waals surface area contributed by atoms with Crippen LogP contribution in [0, 0.1) is 0 Å². The molecule has 2 aromatic rings. The molecule has 0 radical (unpaired) electrons. The number of pyridine rings is 1. The topological polar surface area (TPSA) is 95.3 Å². The van der Waals surface area contributed by atoms with Gasteiger partial charge < -0.3 is 9.80 Å². The van der Waals surface area contributed by atoms with Crippen LogP contribution in [0.5, 0.6) is 0 Å². The van der Waals surface area contributed by atoms with Crippen LogP contribution in [0.15, 0.2) is 29.6 Å². The molecule has 0 unspecified atom stereocenters. The van der Waals surface area contributed by atoms with E-state index in [0.717, 1.165) is 32.2 Å². The molecule has 2 aliphatic rings. The van der Waals surface area contributed by atoms with Gasteiger partial charge in [0.05, 0.1) is 12.1 Å². The van der Waals surface area contributed by atoms with E-state index in [2.05, 4.69) is 9.88 Å². The quantitative estimate of drug-likeness (QED) is 0.697. The number of sulfone groups is 1. The summed E-state index contributed by atoms with van der Waals surface area (Å²) in [4.78, 5) is 35.4. The highest BCUT2D eigenvalue weighted by atomic mass is 32.2. The third kappa shape index (κ3) is 4.20. The summed E-state index contributed by atoms with van der Waals surface area (Å²) in [7, 11) is -3.58. The molecular formula is C20H27N5O4S. The lowest BCUT2D eigenvalue weighted by atomic mass is 10.1. The summed E-state index contributed by atoms with van der Waals surface area (Å²) in [5.74, 6) is -0.122. The molecule has 9 nitrogen and oxygen atoms in total. The number of imidazole rings is 1. The van der Waals surface area contributed by atoms with E-state index in [1.807, 2.05) is 4.90 Å². The summed E-state index contributed by atoms with van der Waals surface area (Å²) in [5.41, 5.74) is 0.625. The molecule has 10 heteroatoms. The molecule has 0 aliphatic carbocycles. The smallest absolute Gasteiger partial charge is 0.274 e. The van der Waals surface area contributed by atoms with E-state index >= 15 is 0 Å². The maximum atomic E-state index is 13.1. The van der Waals surface area contributed by atoms with Crippen molar-refractivity contribution < 1.29 is 18.0 Å². The number of fused-ring (bicyclic) bond motifs is 1. The van der Waals surface area contributed by atoms with Gasteiger partial charge in [-0.05, 0) is 31.4 Å². The summed E-state index contributed by atoms with van der Waals surface area (Å²) in [5, 5.41) is -0.132. The number of rotatable bonds is 4. The fourth-order valence-electron chi connectivity index (χ4n) is 4.12. The van der Waals surface area contributed by atoms with Crippen LogP contribution in [0.3, 0.4) is 0 Å². The molecule has 2 amide bonds. The van der Waals surface area contributed by atoms with Gasteiger partial charge >= 0.3 is 0 Å². The molecule has 4 heterocycles. The number of piperidine rings is 1. The molecule has 2 saturated heterocycles. The number of likely N-dealkylation sites (tertiary alicyclic amines) is 1. The van der Waals surface area contributed by atoms with Crippen molar-refractivity contribution in [1.82, 2.24) is 24.1 Å². The Morgan fingerprint density at radius 1 is 0.967 bits per heavy atom. The van der Waals surface area contributed by atoms with Gasteiger partial charge in [0.2, 0.25) is 20.9 Å². The zero-order chi connectivity index (χ0) is 21.3. The molecular weight excluding hydrogens is 406 g/mol. The van der Waals surface area contributed by atoms with Gasteiger partial charge in [-0.2, -0.15) is 0 Å². The van der Waals surface area contributed by atoms with Crippen LogP contribution in [0.4, 0.5) is 0 Å².